The van der Waals surface area contributed by atoms with E-state index in [4.69, 9.17) is 0 Å². The van der Waals surface area contributed by atoms with Crippen molar-refractivity contribution in [3.05, 3.63) is 62.3 Å². The highest BCUT2D eigenvalue weighted by molar-refractivity contribution is 9.10. The van der Waals surface area contributed by atoms with Crippen LogP contribution in [-0.4, -0.2) is 63.2 Å². The first-order chi connectivity index (χ1) is 14.7. The number of likely N-dealkylation sites (N-methyl/N-ethyl adjacent to an activating group) is 1. The smallest absolute Gasteiger partial charge is 0.124 e. The van der Waals surface area contributed by atoms with Crippen LogP contribution in [0.1, 0.15) is 30.4 Å². The van der Waals surface area contributed by atoms with E-state index in [1.54, 1.807) is 0 Å². The van der Waals surface area contributed by atoms with Crippen LogP contribution in [-0.2, 0) is 0 Å². The molecule has 0 atom stereocenters. The highest BCUT2D eigenvalue weighted by Crippen LogP contribution is 2.23. The monoisotopic (exact) mass is 555 g/mol. The molecule has 0 aliphatic carbocycles. The normalized spacial score (nSPS) is 17.3. The van der Waals surface area contributed by atoms with Gasteiger partial charge >= 0.3 is 0 Å². The zero-order chi connectivity index (χ0) is 22.8. The van der Waals surface area contributed by atoms with Crippen LogP contribution >= 0.6 is 31.9 Å². The summed E-state index contributed by atoms with van der Waals surface area (Å²) in [6.45, 7) is 11.2. The molecule has 0 aromatic heterocycles. The molecule has 2 aromatic rings. The zero-order valence-electron chi connectivity index (χ0n) is 19.3. The lowest BCUT2D eigenvalue weighted by Crippen LogP contribution is -2.44. The second-order valence-corrected chi connectivity index (χ2v) is 10.4. The number of piperazine rings is 1. The molecule has 3 nitrogen and oxygen atoms in total. The molecular formula is C25H36Br2FN3. The quantitative estimate of drug-likeness (QED) is 0.396. The molecule has 172 valence electrons. The summed E-state index contributed by atoms with van der Waals surface area (Å²) in [6, 6.07) is 11.4. The fourth-order valence-electron chi connectivity index (χ4n) is 3.71. The molecule has 2 fully saturated rings. The van der Waals surface area contributed by atoms with Crippen LogP contribution in [0.3, 0.4) is 0 Å². The summed E-state index contributed by atoms with van der Waals surface area (Å²) in [7, 11) is 4.38. The lowest BCUT2D eigenvalue weighted by Gasteiger charge is -2.34. The maximum atomic E-state index is 12.4. The van der Waals surface area contributed by atoms with Crippen molar-refractivity contribution in [2.75, 3.05) is 58.3 Å². The fraction of sp³-hybridized carbons (Fsp3) is 0.520. The molecule has 2 aliphatic rings. The van der Waals surface area contributed by atoms with Crippen molar-refractivity contribution in [3.63, 3.8) is 0 Å². The number of rotatable bonds is 1. The van der Waals surface area contributed by atoms with Gasteiger partial charge in [0.15, 0.2) is 0 Å². The Morgan fingerprint density at radius 2 is 1.16 bits per heavy atom. The van der Waals surface area contributed by atoms with Crippen molar-refractivity contribution in [2.24, 2.45) is 0 Å². The van der Waals surface area contributed by atoms with Crippen LogP contribution < -0.4 is 4.90 Å². The largest absolute Gasteiger partial charge is 0.369 e. The van der Waals surface area contributed by atoms with Crippen molar-refractivity contribution < 1.29 is 4.39 Å². The van der Waals surface area contributed by atoms with Gasteiger partial charge in [0.05, 0.1) is 0 Å². The third-order valence-electron chi connectivity index (χ3n) is 5.48. The summed E-state index contributed by atoms with van der Waals surface area (Å²) >= 11 is 6.73. The number of hydrogen-bond donors (Lipinski definition) is 0. The number of aryl methyl sites for hydroxylation is 2. The first-order valence-electron chi connectivity index (χ1n) is 11.0. The van der Waals surface area contributed by atoms with Gasteiger partial charge in [-0.2, -0.15) is 0 Å². The first-order valence-corrected chi connectivity index (χ1v) is 12.6. The van der Waals surface area contributed by atoms with E-state index in [2.05, 4.69) is 85.8 Å². The highest BCUT2D eigenvalue weighted by Gasteiger charge is 2.14. The van der Waals surface area contributed by atoms with Crippen LogP contribution in [0.5, 0.6) is 0 Å². The molecule has 0 radical (unpaired) electrons. The molecule has 2 heterocycles. The van der Waals surface area contributed by atoms with Gasteiger partial charge in [-0.05, 0) is 101 Å². The number of halogens is 3. The Morgan fingerprint density at radius 1 is 0.645 bits per heavy atom. The predicted molar refractivity (Wildman–Crippen MR) is 139 cm³/mol. The van der Waals surface area contributed by atoms with Gasteiger partial charge in [0.1, 0.15) is 5.82 Å². The predicted octanol–water partition coefficient (Wildman–Crippen LogP) is 6.51. The van der Waals surface area contributed by atoms with Gasteiger partial charge in [0.25, 0.3) is 0 Å². The highest BCUT2D eigenvalue weighted by atomic mass is 79.9. The molecule has 4 rings (SSSR count). The van der Waals surface area contributed by atoms with Crippen LogP contribution in [0, 0.1) is 19.7 Å². The second kappa shape index (κ2) is 13.6. The average Bonchev–Trinajstić information content (AvgIpc) is 2.68. The van der Waals surface area contributed by atoms with Gasteiger partial charge in [0, 0.05) is 40.8 Å². The SMILES string of the molecule is CN1CCCCC1.Cc1cc(Br)cc(N2CCN(C)CC2)c1.Cc1cc(F)cc(Br)c1. The molecule has 31 heavy (non-hydrogen) atoms. The first kappa shape index (κ1) is 26.3. The van der Waals surface area contributed by atoms with E-state index in [9.17, 15) is 4.39 Å². The molecule has 0 N–H and O–H groups in total. The fourth-order valence-corrected chi connectivity index (χ4v) is 4.88. The van der Waals surface area contributed by atoms with Gasteiger partial charge in [-0.3, -0.25) is 0 Å². The summed E-state index contributed by atoms with van der Waals surface area (Å²) in [6.07, 6.45) is 4.28. The summed E-state index contributed by atoms with van der Waals surface area (Å²) in [5.41, 5.74) is 3.59. The number of hydrogen-bond acceptors (Lipinski definition) is 3. The van der Waals surface area contributed by atoms with E-state index in [-0.39, 0.29) is 5.82 Å². The lowest BCUT2D eigenvalue weighted by atomic mass is 10.1. The summed E-state index contributed by atoms with van der Waals surface area (Å²) < 4.78 is 14.4. The minimum absolute atomic E-state index is 0.193. The number of piperidine rings is 1. The number of nitrogens with zero attached hydrogens (tertiary/aromatic N) is 3. The third-order valence-corrected chi connectivity index (χ3v) is 6.40. The van der Waals surface area contributed by atoms with Gasteiger partial charge in [-0.15, -0.1) is 0 Å². The Morgan fingerprint density at radius 3 is 1.61 bits per heavy atom. The van der Waals surface area contributed by atoms with Crippen LogP contribution in [0.15, 0.2) is 45.3 Å². The molecule has 0 bridgehead atoms. The van der Waals surface area contributed by atoms with Gasteiger partial charge in [0.2, 0.25) is 0 Å². The lowest BCUT2D eigenvalue weighted by molar-refractivity contribution is 0.277. The molecular weight excluding hydrogens is 521 g/mol. The van der Waals surface area contributed by atoms with E-state index in [1.165, 1.54) is 60.2 Å². The number of benzene rings is 2. The molecule has 0 amide bonds. The Kier molecular flexibility index (Phi) is 11.5. The van der Waals surface area contributed by atoms with Gasteiger partial charge in [-0.25, -0.2) is 4.39 Å². The van der Waals surface area contributed by atoms with Crippen molar-refractivity contribution in [2.45, 2.75) is 33.1 Å². The van der Waals surface area contributed by atoms with E-state index in [0.717, 1.165) is 36.2 Å². The van der Waals surface area contributed by atoms with Crippen LogP contribution in [0.4, 0.5) is 10.1 Å². The van der Waals surface area contributed by atoms with Crippen molar-refractivity contribution in [3.8, 4) is 0 Å². The maximum Gasteiger partial charge on any atom is 0.124 e. The molecule has 0 saturated carbocycles. The average molecular weight is 557 g/mol. The summed E-state index contributed by atoms with van der Waals surface area (Å²) in [4.78, 5) is 7.22. The zero-order valence-corrected chi connectivity index (χ0v) is 22.5. The van der Waals surface area contributed by atoms with Crippen molar-refractivity contribution >= 4 is 37.5 Å². The Labute approximate surface area is 204 Å². The van der Waals surface area contributed by atoms with E-state index < -0.39 is 0 Å². The number of anilines is 1. The van der Waals surface area contributed by atoms with Crippen molar-refractivity contribution in [1.29, 1.82) is 0 Å². The minimum atomic E-state index is -0.193. The molecule has 2 aromatic carbocycles. The summed E-state index contributed by atoms with van der Waals surface area (Å²) in [5, 5.41) is 0. The molecule has 2 aliphatic heterocycles. The Hall–Kier alpha value is -0.950. The number of likely N-dealkylation sites (tertiary alicyclic amines) is 1. The topological polar surface area (TPSA) is 9.72 Å². The van der Waals surface area contributed by atoms with Gasteiger partial charge < -0.3 is 14.7 Å². The van der Waals surface area contributed by atoms with E-state index >= 15 is 0 Å². The molecule has 0 unspecified atom stereocenters. The van der Waals surface area contributed by atoms with Crippen molar-refractivity contribution in [1.82, 2.24) is 9.80 Å². The molecule has 0 spiro atoms. The minimum Gasteiger partial charge on any atom is -0.369 e. The standard InChI is InChI=1S/C12H17BrN2.C7H6BrF.C6H13N/c1-10-7-11(13)9-12(8-10)15-5-3-14(2)4-6-15;1-5-2-6(8)4-7(9)3-5;1-7-5-3-2-4-6-7/h7-9H,3-6H2,1-2H3;2-4H,1H3;2-6H2,1H3. The van der Waals surface area contributed by atoms with Crippen LogP contribution in [0.2, 0.25) is 0 Å². The van der Waals surface area contributed by atoms with E-state index in [1.807, 2.05) is 13.0 Å². The third kappa shape index (κ3) is 10.5. The maximum absolute atomic E-state index is 12.4. The summed E-state index contributed by atoms with van der Waals surface area (Å²) in [5.74, 6) is -0.193. The molecule has 2 saturated heterocycles. The van der Waals surface area contributed by atoms with Crippen LogP contribution in [0.25, 0.3) is 0 Å². The Balaban J connectivity index is 0.000000181. The van der Waals surface area contributed by atoms with E-state index in [0.29, 0.717) is 0 Å². The van der Waals surface area contributed by atoms with Gasteiger partial charge in [-0.1, -0.05) is 38.3 Å². The molecule has 6 heteroatoms. The second-order valence-electron chi connectivity index (χ2n) is 8.59. The Bertz CT molecular complexity index is 731.